The van der Waals surface area contributed by atoms with Gasteiger partial charge in [-0.15, -0.1) is 0 Å². The Morgan fingerprint density at radius 3 is 1.83 bits per heavy atom. The summed E-state index contributed by atoms with van der Waals surface area (Å²) in [6.07, 6.45) is 0. The van der Waals surface area contributed by atoms with Crippen molar-refractivity contribution >= 4 is 43.7 Å². The van der Waals surface area contributed by atoms with E-state index in [4.69, 9.17) is 19.4 Å². The first-order valence-electron chi connectivity index (χ1n) is 20.1. The Morgan fingerprint density at radius 1 is 0.441 bits per heavy atom. The Bertz CT molecular complexity index is 3450. The third-order valence-corrected chi connectivity index (χ3v) is 12.2. The molecule has 0 saturated carbocycles. The highest BCUT2D eigenvalue weighted by Crippen LogP contribution is 2.53. The zero-order chi connectivity index (χ0) is 39.2. The van der Waals surface area contributed by atoms with Gasteiger partial charge in [0.15, 0.2) is 17.5 Å². The summed E-state index contributed by atoms with van der Waals surface area (Å²) in [7, 11) is 0. The third kappa shape index (κ3) is 5.08. The van der Waals surface area contributed by atoms with Crippen molar-refractivity contribution in [2.24, 2.45) is 0 Å². The van der Waals surface area contributed by atoms with Gasteiger partial charge in [0.1, 0.15) is 11.2 Å². The molecule has 0 unspecified atom stereocenters. The van der Waals surface area contributed by atoms with Crippen LogP contribution in [-0.2, 0) is 5.41 Å². The van der Waals surface area contributed by atoms with Crippen LogP contribution in [-0.4, -0.2) is 19.5 Å². The molecule has 1 aliphatic carbocycles. The molecule has 0 radical (unpaired) electrons. The van der Waals surface area contributed by atoms with Crippen LogP contribution in [0.15, 0.2) is 186 Å². The van der Waals surface area contributed by atoms with Crippen LogP contribution in [0.2, 0.25) is 0 Å². The summed E-state index contributed by atoms with van der Waals surface area (Å²) in [6.45, 7) is 4.72. The number of nitrogens with zero attached hydrogens (tertiary/aromatic N) is 4. The van der Waals surface area contributed by atoms with Crippen LogP contribution in [0.25, 0.3) is 106 Å². The fourth-order valence-corrected chi connectivity index (χ4v) is 9.50. The molecule has 0 fully saturated rings. The van der Waals surface area contributed by atoms with Gasteiger partial charge in [0.25, 0.3) is 0 Å². The molecule has 0 saturated heterocycles. The lowest BCUT2D eigenvalue weighted by molar-refractivity contribution is 0.666. The molecule has 3 aromatic heterocycles. The third-order valence-electron chi connectivity index (χ3n) is 12.2. The van der Waals surface area contributed by atoms with Gasteiger partial charge in [-0.05, 0) is 76.3 Å². The average molecular weight is 757 g/mol. The highest BCUT2D eigenvalue weighted by molar-refractivity contribution is 6.14. The Kier molecular flexibility index (Phi) is 7.20. The minimum atomic E-state index is -0.128. The summed E-state index contributed by atoms with van der Waals surface area (Å²) in [5, 5.41) is 4.71. The summed E-state index contributed by atoms with van der Waals surface area (Å²) in [4.78, 5) is 15.2. The molecule has 0 N–H and O–H groups in total. The van der Waals surface area contributed by atoms with Crippen LogP contribution < -0.4 is 0 Å². The highest BCUT2D eigenvalue weighted by Gasteiger charge is 2.38. The van der Waals surface area contributed by atoms with Gasteiger partial charge in [-0.1, -0.05) is 147 Å². The smallest absolute Gasteiger partial charge is 0.164 e. The van der Waals surface area contributed by atoms with Crippen LogP contribution in [0.1, 0.15) is 25.0 Å². The number of rotatable bonds is 5. The number of hydrogen-bond acceptors (Lipinski definition) is 4. The van der Waals surface area contributed by atoms with Gasteiger partial charge in [0.2, 0.25) is 0 Å². The molecule has 0 bridgehead atoms. The van der Waals surface area contributed by atoms with Crippen molar-refractivity contribution < 1.29 is 4.42 Å². The van der Waals surface area contributed by atoms with Gasteiger partial charge >= 0.3 is 0 Å². The maximum atomic E-state index is 6.62. The van der Waals surface area contributed by atoms with Crippen LogP contribution >= 0.6 is 0 Å². The molecular weight excluding hydrogens is 721 g/mol. The lowest BCUT2D eigenvalue weighted by atomic mass is 9.80. The molecule has 5 heteroatoms. The van der Waals surface area contributed by atoms with Crippen molar-refractivity contribution in [1.82, 2.24) is 19.5 Å². The number of fused-ring (bicyclic) bond motifs is 10. The van der Waals surface area contributed by atoms with Crippen molar-refractivity contribution in [3.05, 3.63) is 193 Å². The molecule has 59 heavy (non-hydrogen) atoms. The van der Waals surface area contributed by atoms with Crippen molar-refractivity contribution in [2.75, 3.05) is 0 Å². The topological polar surface area (TPSA) is 56.7 Å². The molecule has 3 heterocycles. The van der Waals surface area contributed by atoms with E-state index in [-0.39, 0.29) is 5.41 Å². The summed E-state index contributed by atoms with van der Waals surface area (Å²) in [5.41, 5.74) is 15.3. The Morgan fingerprint density at radius 2 is 1.05 bits per heavy atom. The number of para-hydroxylation sites is 2. The summed E-state index contributed by atoms with van der Waals surface area (Å²) < 4.78 is 9.01. The monoisotopic (exact) mass is 756 g/mol. The zero-order valence-electron chi connectivity index (χ0n) is 32.5. The van der Waals surface area contributed by atoms with E-state index in [0.717, 1.165) is 55.4 Å². The first kappa shape index (κ1) is 33.5. The lowest BCUT2D eigenvalue weighted by Crippen LogP contribution is -2.15. The van der Waals surface area contributed by atoms with E-state index >= 15 is 0 Å². The number of furan rings is 1. The van der Waals surface area contributed by atoms with E-state index in [0.29, 0.717) is 17.5 Å². The van der Waals surface area contributed by atoms with Gasteiger partial charge in [0.05, 0.1) is 11.0 Å². The average Bonchev–Trinajstić information content (AvgIpc) is 3.92. The van der Waals surface area contributed by atoms with Crippen LogP contribution in [0.3, 0.4) is 0 Å². The van der Waals surface area contributed by atoms with Gasteiger partial charge < -0.3 is 8.98 Å². The van der Waals surface area contributed by atoms with Crippen LogP contribution in [0.4, 0.5) is 0 Å². The minimum Gasteiger partial charge on any atom is -0.455 e. The SMILES string of the molecule is CC1(C)c2ccccc2-c2ccc3c(c21)c1ccccc1n3-c1ccc(-c2nc(-c3ccccc3)nc(-c3ccc4c(c3)oc3c(-c5ccccc5)cccc34)n2)cc1. The molecule has 0 spiro atoms. The molecule has 8 aromatic carbocycles. The molecular formula is C54H36N4O. The van der Waals surface area contributed by atoms with E-state index in [9.17, 15) is 0 Å². The van der Waals surface area contributed by atoms with Crippen LogP contribution in [0.5, 0.6) is 0 Å². The Balaban J connectivity index is 0.984. The molecule has 5 nitrogen and oxygen atoms in total. The molecule has 12 rings (SSSR count). The van der Waals surface area contributed by atoms with E-state index in [1.807, 2.05) is 36.4 Å². The number of hydrogen-bond donors (Lipinski definition) is 0. The minimum absolute atomic E-state index is 0.128. The molecule has 0 amide bonds. The molecule has 0 aliphatic heterocycles. The second-order valence-corrected chi connectivity index (χ2v) is 16.0. The quantitative estimate of drug-likeness (QED) is 0.175. The first-order chi connectivity index (χ1) is 29.0. The number of benzene rings is 8. The van der Waals surface area contributed by atoms with Gasteiger partial charge in [-0.3, -0.25) is 0 Å². The normalized spacial score (nSPS) is 13.1. The van der Waals surface area contributed by atoms with Crippen LogP contribution in [0, 0.1) is 0 Å². The molecule has 278 valence electrons. The van der Waals surface area contributed by atoms with Crippen molar-refractivity contribution in [3.8, 4) is 62.1 Å². The highest BCUT2D eigenvalue weighted by atomic mass is 16.3. The van der Waals surface area contributed by atoms with E-state index < -0.39 is 0 Å². The predicted molar refractivity (Wildman–Crippen MR) is 241 cm³/mol. The van der Waals surface area contributed by atoms with Crippen molar-refractivity contribution in [1.29, 1.82) is 0 Å². The first-order valence-corrected chi connectivity index (χ1v) is 20.1. The predicted octanol–water partition coefficient (Wildman–Crippen LogP) is 13.8. The van der Waals surface area contributed by atoms with Gasteiger partial charge in [-0.25, -0.2) is 15.0 Å². The maximum absolute atomic E-state index is 6.62. The fraction of sp³-hybridized carbons (Fsp3) is 0.0556. The standard InChI is InChI=1S/C54H36N4O/c1-54(2)44-22-11-9-18-39(44)41-30-31-46-48(49(41)54)43-19-10-12-23-45(43)58(46)37-27-24-35(25-28-37)52-55-51(34-16-7-4-8-17-34)56-53(57-52)36-26-29-40-42-21-13-20-38(33-14-5-3-6-15-33)50(42)59-47(40)32-36/h3-32H,1-2H3. The fourth-order valence-electron chi connectivity index (χ4n) is 9.50. The second kappa shape index (κ2) is 12.7. The summed E-state index contributed by atoms with van der Waals surface area (Å²) >= 11 is 0. The Hall–Kier alpha value is -7.63. The summed E-state index contributed by atoms with van der Waals surface area (Å²) in [6, 6.07) is 64.0. The number of aromatic nitrogens is 4. The van der Waals surface area contributed by atoms with Gasteiger partial charge in [-0.2, -0.15) is 0 Å². The summed E-state index contributed by atoms with van der Waals surface area (Å²) in [5.74, 6) is 1.81. The lowest BCUT2D eigenvalue weighted by Gasteiger charge is -2.22. The van der Waals surface area contributed by atoms with E-state index in [1.165, 1.54) is 44.1 Å². The zero-order valence-corrected chi connectivity index (χ0v) is 32.5. The molecule has 1 aliphatic rings. The van der Waals surface area contributed by atoms with E-state index in [2.05, 4.69) is 164 Å². The largest absolute Gasteiger partial charge is 0.455 e. The second-order valence-electron chi connectivity index (χ2n) is 16.0. The molecule has 11 aromatic rings. The maximum Gasteiger partial charge on any atom is 0.164 e. The Labute approximate surface area is 340 Å². The molecule has 0 atom stereocenters. The van der Waals surface area contributed by atoms with E-state index in [1.54, 1.807) is 0 Å². The van der Waals surface area contributed by atoms with Crippen molar-refractivity contribution in [3.63, 3.8) is 0 Å². The van der Waals surface area contributed by atoms with Gasteiger partial charge in [0, 0.05) is 54.9 Å². The van der Waals surface area contributed by atoms with Crippen molar-refractivity contribution in [2.45, 2.75) is 19.3 Å².